The lowest BCUT2D eigenvalue weighted by Crippen LogP contribution is -2.25. The monoisotopic (exact) mass is 298 g/mol. The van der Waals surface area contributed by atoms with Crippen LogP contribution in [0.1, 0.15) is 25.7 Å². The molecule has 1 aliphatic carbocycles. The zero-order chi connectivity index (χ0) is 14.6. The Morgan fingerprint density at radius 3 is 2.55 bits per heavy atom. The van der Waals surface area contributed by atoms with Crippen molar-refractivity contribution in [3.05, 3.63) is 30.3 Å². The van der Waals surface area contributed by atoms with E-state index in [1.165, 1.54) is 12.1 Å². The van der Waals surface area contributed by atoms with Crippen molar-refractivity contribution in [1.29, 1.82) is 0 Å². The third-order valence-corrected chi connectivity index (χ3v) is 5.40. The van der Waals surface area contributed by atoms with Crippen LogP contribution in [-0.2, 0) is 19.5 Å². The summed E-state index contributed by atoms with van der Waals surface area (Å²) < 4.78 is 24.4. The average Bonchev–Trinajstić information content (AvgIpc) is 2.84. The van der Waals surface area contributed by atoms with Crippen molar-refractivity contribution in [1.82, 2.24) is 0 Å². The fourth-order valence-corrected chi connectivity index (χ4v) is 4.03. The molecule has 0 saturated heterocycles. The van der Waals surface area contributed by atoms with Gasteiger partial charge in [-0.1, -0.05) is 18.2 Å². The lowest BCUT2D eigenvalue weighted by atomic mass is 10.0. The summed E-state index contributed by atoms with van der Waals surface area (Å²) in [4.78, 5) is 15.7. The van der Waals surface area contributed by atoms with E-state index in [1.807, 2.05) is 0 Å². The van der Waals surface area contributed by atoms with Crippen LogP contribution >= 0.6 is 0 Å². The van der Waals surface area contributed by atoms with Gasteiger partial charge in [0, 0.05) is 12.8 Å². The SMILES string of the molecule is O=C1CCC(CC(CS(=O)(=O)c2ccccc2)OO)C1. The van der Waals surface area contributed by atoms with Crippen LogP contribution in [0, 0.1) is 5.92 Å². The molecule has 0 radical (unpaired) electrons. The van der Waals surface area contributed by atoms with E-state index in [0.717, 1.165) is 6.42 Å². The fraction of sp³-hybridized carbons (Fsp3) is 0.500. The van der Waals surface area contributed by atoms with Crippen LogP contribution in [0.25, 0.3) is 0 Å². The smallest absolute Gasteiger partial charge is 0.181 e. The maximum Gasteiger partial charge on any atom is 0.181 e. The largest absolute Gasteiger partial charge is 0.300 e. The van der Waals surface area contributed by atoms with Crippen LogP contribution in [0.15, 0.2) is 35.2 Å². The molecule has 1 aliphatic rings. The summed E-state index contributed by atoms with van der Waals surface area (Å²) >= 11 is 0. The molecule has 0 amide bonds. The summed E-state index contributed by atoms with van der Waals surface area (Å²) in [7, 11) is -3.50. The Bertz CT molecular complexity index is 552. The van der Waals surface area contributed by atoms with Gasteiger partial charge in [-0.3, -0.25) is 10.1 Å². The Kier molecular flexibility index (Phi) is 4.91. The Labute approximate surface area is 118 Å². The Balaban J connectivity index is 2.01. The number of Topliss-reactive ketones (excluding diaryl/α,β-unsaturated/α-hetero) is 1. The summed E-state index contributed by atoms with van der Waals surface area (Å²) in [6.07, 6.45) is 1.31. The molecular weight excluding hydrogens is 280 g/mol. The molecule has 1 aromatic rings. The van der Waals surface area contributed by atoms with Gasteiger partial charge in [-0.15, -0.1) is 0 Å². The fourth-order valence-electron chi connectivity index (χ4n) is 2.57. The zero-order valence-corrected chi connectivity index (χ0v) is 11.9. The summed E-state index contributed by atoms with van der Waals surface area (Å²) in [6, 6.07) is 8.07. The van der Waals surface area contributed by atoms with Gasteiger partial charge in [-0.2, -0.15) is 0 Å². The normalized spacial score (nSPS) is 21.1. The van der Waals surface area contributed by atoms with Crippen molar-refractivity contribution in [3.63, 3.8) is 0 Å². The van der Waals surface area contributed by atoms with E-state index < -0.39 is 15.9 Å². The lowest BCUT2D eigenvalue weighted by Gasteiger charge is -2.17. The molecule has 2 unspecified atom stereocenters. The first-order valence-corrected chi connectivity index (χ1v) is 8.26. The molecular formula is C14H18O5S. The second-order valence-corrected chi connectivity index (χ2v) is 7.24. The van der Waals surface area contributed by atoms with Crippen molar-refractivity contribution in [3.8, 4) is 0 Å². The van der Waals surface area contributed by atoms with Gasteiger partial charge in [0.2, 0.25) is 0 Å². The molecule has 1 fully saturated rings. The standard InChI is InChI=1S/C14H18O5S/c15-12-7-6-11(8-12)9-13(19-16)10-20(17,18)14-4-2-1-3-5-14/h1-5,11,13,16H,6-10H2. The number of benzene rings is 1. The van der Waals surface area contributed by atoms with E-state index >= 15 is 0 Å². The third kappa shape index (κ3) is 3.88. The van der Waals surface area contributed by atoms with Gasteiger partial charge in [0.25, 0.3) is 0 Å². The molecule has 5 nitrogen and oxygen atoms in total. The molecule has 1 aromatic carbocycles. The van der Waals surface area contributed by atoms with Crippen LogP contribution in [0.4, 0.5) is 0 Å². The minimum atomic E-state index is -3.50. The zero-order valence-electron chi connectivity index (χ0n) is 11.1. The molecule has 0 aliphatic heterocycles. The number of carbonyl (C=O) groups excluding carboxylic acids is 1. The van der Waals surface area contributed by atoms with Gasteiger partial charge in [0.1, 0.15) is 11.9 Å². The van der Waals surface area contributed by atoms with Gasteiger partial charge in [0.15, 0.2) is 9.84 Å². The Morgan fingerprint density at radius 2 is 2.00 bits per heavy atom. The second kappa shape index (κ2) is 6.47. The summed E-state index contributed by atoms with van der Waals surface area (Å²) in [5.74, 6) is 0.0151. The van der Waals surface area contributed by atoms with E-state index in [-0.39, 0.29) is 22.3 Å². The van der Waals surface area contributed by atoms with Crippen LogP contribution in [0.2, 0.25) is 0 Å². The minimum Gasteiger partial charge on any atom is -0.300 e. The summed E-state index contributed by atoms with van der Waals surface area (Å²) in [5.41, 5.74) is 0. The van der Waals surface area contributed by atoms with Gasteiger partial charge in [-0.25, -0.2) is 13.3 Å². The third-order valence-electron chi connectivity index (χ3n) is 3.60. The molecule has 0 bridgehead atoms. The van der Waals surface area contributed by atoms with E-state index in [0.29, 0.717) is 19.3 Å². The number of rotatable bonds is 6. The van der Waals surface area contributed by atoms with Crippen molar-refractivity contribution in [2.75, 3.05) is 5.75 Å². The highest BCUT2D eigenvalue weighted by Crippen LogP contribution is 2.28. The predicted octanol–water partition coefficient (Wildman–Crippen LogP) is 2.08. The maximum absolute atomic E-state index is 12.2. The van der Waals surface area contributed by atoms with Crippen LogP contribution in [-0.4, -0.2) is 31.3 Å². The number of sulfone groups is 1. The van der Waals surface area contributed by atoms with Crippen molar-refractivity contribution < 1.29 is 23.4 Å². The van der Waals surface area contributed by atoms with E-state index in [9.17, 15) is 13.2 Å². The Morgan fingerprint density at radius 1 is 1.30 bits per heavy atom. The van der Waals surface area contributed by atoms with Gasteiger partial charge in [-0.05, 0) is 30.9 Å². The van der Waals surface area contributed by atoms with Gasteiger partial charge >= 0.3 is 0 Å². The molecule has 0 heterocycles. The first kappa shape index (κ1) is 15.2. The minimum absolute atomic E-state index is 0.102. The predicted molar refractivity (Wildman–Crippen MR) is 73.0 cm³/mol. The van der Waals surface area contributed by atoms with E-state index in [2.05, 4.69) is 4.89 Å². The van der Waals surface area contributed by atoms with Gasteiger partial charge in [0.05, 0.1) is 10.6 Å². The van der Waals surface area contributed by atoms with Crippen molar-refractivity contribution >= 4 is 15.6 Å². The molecule has 0 spiro atoms. The molecule has 1 N–H and O–H groups in total. The Hall–Kier alpha value is -1.24. The summed E-state index contributed by atoms with van der Waals surface area (Å²) in [5, 5.41) is 8.91. The number of hydrogen-bond donors (Lipinski definition) is 1. The van der Waals surface area contributed by atoms with Crippen molar-refractivity contribution in [2.45, 2.75) is 36.7 Å². The van der Waals surface area contributed by atoms with Crippen LogP contribution in [0.5, 0.6) is 0 Å². The first-order chi connectivity index (χ1) is 9.51. The molecule has 0 aromatic heterocycles. The van der Waals surface area contributed by atoms with Crippen molar-refractivity contribution in [2.24, 2.45) is 5.92 Å². The highest BCUT2D eigenvalue weighted by molar-refractivity contribution is 7.91. The van der Waals surface area contributed by atoms with Crippen LogP contribution in [0.3, 0.4) is 0 Å². The molecule has 20 heavy (non-hydrogen) atoms. The molecule has 1 saturated carbocycles. The molecule has 2 rings (SSSR count). The molecule has 110 valence electrons. The van der Waals surface area contributed by atoms with Crippen LogP contribution < -0.4 is 0 Å². The quantitative estimate of drug-likeness (QED) is 0.642. The molecule has 2 atom stereocenters. The molecule has 6 heteroatoms. The highest BCUT2D eigenvalue weighted by atomic mass is 32.2. The lowest BCUT2D eigenvalue weighted by molar-refractivity contribution is -0.275. The topological polar surface area (TPSA) is 80.7 Å². The number of ketones is 1. The first-order valence-electron chi connectivity index (χ1n) is 6.61. The second-order valence-electron chi connectivity index (χ2n) is 5.21. The van der Waals surface area contributed by atoms with E-state index in [1.54, 1.807) is 18.2 Å². The number of hydrogen-bond acceptors (Lipinski definition) is 5. The number of carbonyl (C=O) groups is 1. The average molecular weight is 298 g/mol. The highest BCUT2D eigenvalue weighted by Gasteiger charge is 2.29. The van der Waals surface area contributed by atoms with Gasteiger partial charge < -0.3 is 0 Å². The summed E-state index contributed by atoms with van der Waals surface area (Å²) in [6.45, 7) is 0. The maximum atomic E-state index is 12.2. The van der Waals surface area contributed by atoms with E-state index in [4.69, 9.17) is 5.26 Å².